The van der Waals surface area contributed by atoms with Crippen molar-refractivity contribution in [1.29, 1.82) is 0 Å². The van der Waals surface area contributed by atoms with Crippen LogP contribution in [0.4, 0.5) is 17.1 Å². The van der Waals surface area contributed by atoms with Gasteiger partial charge in [-0.25, -0.2) is 0 Å². The lowest BCUT2D eigenvalue weighted by Crippen LogP contribution is -2.13. The number of azo groups is 1. The smallest absolute Gasteiger partial charge is 0.294 e. The van der Waals surface area contributed by atoms with Crippen LogP contribution in [0.15, 0.2) is 75.8 Å². The first-order chi connectivity index (χ1) is 18.5. The third-order valence-electron chi connectivity index (χ3n) is 5.80. The summed E-state index contributed by atoms with van der Waals surface area (Å²) < 4.78 is 38.1. The van der Waals surface area contributed by atoms with E-state index in [1.807, 2.05) is 6.92 Å². The van der Waals surface area contributed by atoms with E-state index in [9.17, 15) is 22.9 Å². The molecule has 4 rings (SSSR count). The molecule has 0 spiro atoms. The van der Waals surface area contributed by atoms with Crippen LogP contribution in [-0.2, 0) is 16.5 Å². The van der Waals surface area contributed by atoms with Gasteiger partial charge in [-0.2, -0.15) is 8.42 Å². The monoisotopic (exact) mass is 587 g/mol. The summed E-state index contributed by atoms with van der Waals surface area (Å²) in [5, 5.41) is 23.5. The summed E-state index contributed by atoms with van der Waals surface area (Å²) in [6, 6.07) is 15.7. The number of phenolic OH excluding ortho intramolecular Hbond substituents is 1. The second kappa shape index (κ2) is 11.6. The van der Waals surface area contributed by atoms with Gasteiger partial charge in [0.25, 0.3) is 16.0 Å². The molecule has 0 bridgehead atoms. The van der Waals surface area contributed by atoms with Gasteiger partial charge < -0.3 is 15.2 Å². The predicted octanol–water partition coefficient (Wildman–Crippen LogP) is 7.73. The first kappa shape index (κ1) is 28.3. The number of nitrogens with one attached hydrogen (secondary N) is 1. The van der Waals surface area contributed by atoms with Crippen LogP contribution in [0.5, 0.6) is 11.5 Å². The number of amides is 1. The summed E-state index contributed by atoms with van der Waals surface area (Å²) in [7, 11) is -4.49. The van der Waals surface area contributed by atoms with E-state index in [1.165, 1.54) is 12.1 Å². The molecule has 0 aromatic heterocycles. The average molecular weight is 588 g/mol. The fraction of sp³-hybridized carbons (Fsp3) is 0.148. The number of nitrogens with zero attached hydrogens (tertiary/aromatic N) is 2. The largest absolute Gasteiger partial charge is 0.505 e. The Labute approximate surface area is 234 Å². The maximum Gasteiger partial charge on any atom is 0.294 e. The molecule has 0 heterocycles. The molecule has 4 aromatic rings. The predicted molar refractivity (Wildman–Crippen MR) is 151 cm³/mol. The zero-order valence-electron chi connectivity index (χ0n) is 20.8. The Hall–Kier alpha value is -3.70. The summed E-state index contributed by atoms with van der Waals surface area (Å²) >= 11 is 12.7. The van der Waals surface area contributed by atoms with Crippen molar-refractivity contribution in [1.82, 2.24) is 0 Å². The van der Waals surface area contributed by atoms with E-state index in [2.05, 4.69) is 15.5 Å². The SMILES string of the molecule is CCOc1cccc(NC(=O)c2cc3ccccc3c(N=Nc3c(Cl)cc(S(=O)(=O)O)cc3CC)c2O)c1Cl. The molecule has 3 N–H and O–H groups in total. The zero-order valence-corrected chi connectivity index (χ0v) is 23.1. The number of carbonyl (C=O) groups is 1. The number of anilines is 1. The molecule has 0 saturated carbocycles. The Bertz CT molecular complexity index is 1720. The van der Waals surface area contributed by atoms with Crippen molar-refractivity contribution >= 4 is 67.1 Å². The Kier molecular flexibility index (Phi) is 8.41. The normalized spacial score (nSPS) is 11.7. The lowest BCUT2D eigenvalue weighted by molar-refractivity contribution is 0.102. The van der Waals surface area contributed by atoms with Crippen molar-refractivity contribution in [2.45, 2.75) is 25.2 Å². The Morgan fingerprint density at radius 3 is 2.41 bits per heavy atom. The maximum absolute atomic E-state index is 13.3. The highest BCUT2D eigenvalue weighted by atomic mass is 35.5. The minimum absolute atomic E-state index is 0.00406. The third kappa shape index (κ3) is 5.99. The number of ether oxygens (including phenoxy) is 1. The van der Waals surface area contributed by atoms with Crippen molar-refractivity contribution in [3.63, 3.8) is 0 Å². The summed E-state index contributed by atoms with van der Waals surface area (Å²) in [6.45, 7) is 3.95. The highest BCUT2D eigenvalue weighted by Gasteiger charge is 2.21. The van der Waals surface area contributed by atoms with Gasteiger partial charge in [-0.1, -0.05) is 60.5 Å². The molecule has 0 unspecified atom stereocenters. The van der Waals surface area contributed by atoms with Gasteiger partial charge in [0.2, 0.25) is 0 Å². The molecule has 12 heteroatoms. The molecule has 0 aliphatic rings. The number of hydrogen-bond acceptors (Lipinski definition) is 7. The van der Waals surface area contributed by atoms with Crippen LogP contribution in [0, 0.1) is 0 Å². The van der Waals surface area contributed by atoms with Gasteiger partial charge in [0, 0.05) is 5.39 Å². The number of hydrogen-bond donors (Lipinski definition) is 3. The van der Waals surface area contributed by atoms with Crippen LogP contribution in [0.2, 0.25) is 10.0 Å². The Balaban J connectivity index is 1.80. The number of fused-ring (bicyclic) bond motifs is 1. The lowest BCUT2D eigenvalue weighted by atomic mass is 10.0. The maximum atomic E-state index is 13.3. The first-order valence-electron chi connectivity index (χ1n) is 11.7. The number of carbonyl (C=O) groups excluding carboxylic acids is 1. The van der Waals surface area contributed by atoms with E-state index in [0.717, 1.165) is 6.07 Å². The zero-order chi connectivity index (χ0) is 28.3. The number of aryl methyl sites for hydroxylation is 1. The Morgan fingerprint density at radius 1 is 1.00 bits per heavy atom. The lowest BCUT2D eigenvalue weighted by Gasteiger charge is -2.13. The van der Waals surface area contributed by atoms with Gasteiger partial charge >= 0.3 is 0 Å². The standard InChI is InChI=1S/C27H23Cl2N3O6S/c1-3-15-12-17(39(35,36)37)14-20(28)24(15)31-32-25-18-9-6-5-8-16(18)13-19(26(25)33)27(34)30-21-10-7-11-22(23(21)29)38-4-2/h5-14,33H,3-4H2,1-2H3,(H,30,34)(H,35,36,37). The van der Waals surface area contributed by atoms with Crippen LogP contribution < -0.4 is 10.1 Å². The van der Waals surface area contributed by atoms with E-state index in [4.69, 9.17) is 27.9 Å². The second-order valence-corrected chi connectivity index (χ2v) is 10.5. The number of phenols is 1. The molecule has 1 amide bonds. The van der Waals surface area contributed by atoms with E-state index in [1.54, 1.807) is 49.4 Å². The highest BCUT2D eigenvalue weighted by Crippen LogP contribution is 2.42. The van der Waals surface area contributed by atoms with Crippen LogP contribution in [0.25, 0.3) is 10.8 Å². The molecule has 0 radical (unpaired) electrons. The van der Waals surface area contributed by atoms with Gasteiger partial charge in [-0.05, 0) is 54.6 Å². The van der Waals surface area contributed by atoms with E-state index < -0.39 is 21.8 Å². The fourth-order valence-electron chi connectivity index (χ4n) is 3.91. The highest BCUT2D eigenvalue weighted by molar-refractivity contribution is 7.85. The van der Waals surface area contributed by atoms with Crippen molar-refractivity contribution in [3.05, 3.63) is 81.8 Å². The molecule has 0 atom stereocenters. The molecule has 39 heavy (non-hydrogen) atoms. The quantitative estimate of drug-likeness (QED) is 0.142. The van der Waals surface area contributed by atoms with Crippen molar-refractivity contribution in [2.24, 2.45) is 10.2 Å². The number of benzene rings is 4. The van der Waals surface area contributed by atoms with Crippen molar-refractivity contribution < 1.29 is 27.6 Å². The first-order valence-corrected chi connectivity index (χ1v) is 13.9. The summed E-state index contributed by atoms with van der Waals surface area (Å²) in [5.41, 5.74) is 0.778. The molecule has 0 saturated heterocycles. The fourth-order valence-corrected chi connectivity index (χ4v) is 5.04. The molecular weight excluding hydrogens is 565 g/mol. The van der Waals surface area contributed by atoms with E-state index in [-0.39, 0.29) is 31.9 Å². The topological polar surface area (TPSA) is 138 Å². The Morgan fingerprint density at radius 2 is 1.72 bits per heavy atom. The summed E-state index contributed by atoms with van der Waals surface area (Å²) in [6.07, 6.45) is 0.328. The van der Waals surface area contributed by atoms with Crippen LogP contribution in [0.1, 0.15) is 29.8 Å². The van der Waals surface area contributed by atoms with Gasteiger partial charge in [-0.3, -0.25) is 9.35 Å². The second-order valence-electron chi connectivity index (χ2n) is 8.29. The number of rotatable bonds is 8. The van der Waals surface area contributed by atoms with Gasteiger partial charge in [0.15, 0.2) is 5.75 Å². The number of halogens is 2. The summed E-state index contributed by atoms with van der Waals surface area (Å²) in [4.78, 5) is 12.9. The van der Waals surface area contributed by atoms with Crippen molar-refractivity contribution in [3.8, 4) is 11.5 Å². The summed E-state index contributed by atoms with van der Waals surface area (Å²) in [5.74, 6) is -0.677. The molecule has 9 nitrogen and oxygen atoms in total. The molecule has 4 aromatic carbocycles. The minimum atomic E-state index is -4.49. The van der Waals surface area contributed by atoms with Gasteiger partial charge in [0.05, 0.1) is 27.8 Å². The molecule has 202 valence electrons. The third-order valence-corrected chi connectivity index (χ3v) is 7.31. The minimum Gasteiger partial charge on any atom is -0.505 e. The van der Waals surface area contributed by atoms with Crippen LogP contribution >= 0.6 is 23.2 Å². The van der Waals surface area contributed by atoms with Crippen LogP contribution in [-0.4, -0.2) is 30.6 Å². The van der Waals surface area contributed by atoms with Gasteiger partial charge in [0.1, 0.15) is 22.1 Å². The average Bonchev–Trinajstić information content (AvgIpc) is 2.90. The molecule has 0 aliphatic carbocycles. The molecule has 0 aliphatic heterocycles. The van der Waals surface area contributed by atoms with Crippen molar-refractivity contribution in [2.75, 3.05) is 11.9 Å². The number of aromatic hydroxyl groups is 1. The van der Waals surface area contributed by atoms with E-state index >= 15 is 0 Å². The molecule has 0 fully saturated rings. The molecular formula is C27H23Cl2N3O6S. The van der Waals surface area contributed by atoms with Crippen LogP contribution in [0.3, 0.4) is 0 Å². The van der Waals surface area contributed by atoms with E-state index in [0.29, 0.717) is 40.8 Å². The van der Waals surface area contributed by atoms with Gasteiger partial charge in [-0.15, -0.1) is 10.2 Å².